The Labute approximate surface area is 540 Å². The molecular formula is C88H72BN3. The Balaban J connectivity index is 0.973. The fourth-order valence-corrected chi connectivity index (χ4v) is 15.3. The van der Waals surface area contributed by atoms with Crippen LogP contribution in [0.3, 0.4) is 0 Å². The maximum absolute atomic E-state index is 2.61. The van der Waals surface area contributed by atoms with Crippen molar-refractivity contribution in [2.45, 2.75) is 78.6 Å². The molecule has 15 aromatic rings. The van der Waals surface area contributed by atoms with Gasteiger partial charge in [0.2, 0.25) is 0 Å². The van der Waals surface area contributed by atoms with Gasteiger partial charge in [-0.05, 0) is 205 Å². The smallest absolute Gasteiger partial charge is 0.252 e. The summed E-state index contributed by atoms with van der Waals surface area (Å²) >= 11 is 0. The molecule has 442 valence electrons. The minimum atomic E-state index is -0.136. The van der Waals surface area contributed by atoms with Gasteiger partial charge in [-0.2, -0.15) is 0 Å². The third kappa shape index (κ3) is 8.93. The highest BCUT2D eigenvalue weighted by Gasteiger charge is 2.44. The second kappa shape index (κ2) is 20.6. The first-order chi connectivity index (χ1) is 44.5. The molecule has 14 aromatic carbocycles. The first-order valence-corrected chi connectivity index (χ1v) is 32.7. The Morgan fingerprint density at radius 3 is 1.23 bits per heavy atom. The predicted octanol–water partition coefficient (Wildman–Crippen LogP) is 22.3. The monoisotopic (exact) mass is 1180 g/mol. The van der Waals surface area contributed by atoms with Crippen LogP contribution in [0.2, 0.25) is 0 Å². The minimum absolute atomic E-state index is 0.00465. The Kier molecular flexibility index (Phi) is 12.4. The fourth-order valence-electron chi connectivity index (χ4n) is 15.3. The lowest BCUT2D eigenvalue weighted by molar-refractivity contribution is 0.590. The lowest BCUT2D eigenvalue weighted by Crippen LogP contribution is -2.61. The number of benzene rings is 14. The lowest BCUT2D eigenvalue weighted by Gasteiger charge is -2.44. The van der Waals surface area contributed by atoms with E-state index in [1.54, 1.807) is 0 Å². The predicted molar refractivity (Wildman–Crippen MR) is 396 cm³/mol. The normalized spacial score (nSPS) is 13.2. The average molecular weight is 1180 g/mol. The summed E-state index contributed by atoms with van der Waals surface area (Å²) in [6.07, 6.45) is 0. The van der Waals surface area contributed by atoms with E-state index < -0.39 is 0 Å². The van der Waals surface area contributed by atoms with E-state index in [9.17, 15) is 0 Å². The molecule has 0 amide bonds. The average Bonchev–Trinajstić information content (AvgIpc) is 0.929. The molecule has 0 spiro atoms. The summed E-state index contributed by atoms with van der Waals surface area (Å²) in [5, 5.41) is 10.3. The number of hydrogen-bond donors (Lipinski definition) is 0. The molecule has 0 fully saturated rings. The van der Waals surface area contributed by atoms with Crippen molar-refractivity contribution in [3.05, 3.63) is 290 Å². The van der Waals surface area contributed by atoms with Crippen molar-refractivity contribution < 1.29 is 0 Å². The quantitative estimate of drug-likeness (QED) is 0.116. The summed E-state index contributed by atoms with van der Waals surface area (Å²) in [5.41, 5.74) is 27.6. The van der Waals surface area contributed by atoms with Crippen molar-refractivity contribution in [1.82, 2.24) is 4.57 Å². The second-order valence-corrected chi connectivity index (χ2v) is 29.0. The second-order valence-electron chi connectivity index (χ2n) is 29.0. The summed E-state index contributed by atoms with van der Waals surface area (Å²) in [6, 6.07) is 104. The molecule has 17 rings (SSSR count). The zero-order valence-electron chi connectivity index (χ0n) is 53.9. The van der Waals surface area contributed by atoms with E-state index in [0.717, 1.165) is 34.0 Å². The van der Waals surface area contributed by atoms with E-state index in [0.29, 0.717) is 0 Å². The molecule has 0 saturated heterocycles. The highest BCUT2D eigenvalue weighted by Crippen LogP contribution is 2.50. The van der Waals surface area contributed by atoms with Crippen molar-refractivity contribution in [2.24, 2.45) is 0 Å². The van der Waals surface area contributed by atoms with Gasteiger partial charge in [-0.15, -0.1) is 0 Å². The highest BCUT2D eigenvalue weighted by molar-refractivity contribution is 7.00. The third-order valence-corrected chi connectivity index (χ3v) is 20.1. The molecule has 4 heteroatoms. The van der Waals surface area contributed by atoms with E-state index in [2.05, 4.69) is 350 Å². The lowest BCUT2D eigenvalue weighted by atomic mass is 9.33. The molecule has 0 atom stereocenters. The van der Waals surface area contributed by atoms with Crippen LogP contribution in [0.1, 0.15) is 79.0 Å². The summed E-state index contributed by atoms with van der Waals surface area (Å²) in [5.74, 6) is 0. The molecular weight excluding hydrogens is 1110 g/mol. The molecule has 3 nitrogen and oxygen atoms in total. The zero-order valence-corrected chi connectivity index (χ0v) is 53.9. The number of nitrogens with zero attached hydrogens (tertiary/aromatic N) is 3. The maximum Gasteiger partial charge on any atom is 0.252 e. The van der Waals surface area contributed by atoms with Gasteiger partial charge in [0.1, 0.15) is 0 Å². The first kappa shape index (κ1) is 55.6. The topological polar surface area (TPSA) is 11.4 Å². The largest absolute Gasteiger partial charge is 0.311 e. The van der Waals surface area contributed by atoms with Gasteiger partial charge in [-0.25, -0.2) is 0 Å². The Bertz CT molecular complexity index is 5370. The molecule has 0 bridgehead atoms. The summed E-state index contributed by atoms with van der Waals surface area (Å²) in [4.78, 5) is 5.20. The van der Waals surface area contributed by atoms with Crippen LogP contribution >= 0.6 is 0 Å². The van der Waals surface area contributed by atoms with E-state index >= 15 is 0 Å². The Hall–Kier alpha value is -10.4. The molecule has 92 heavy (non-hydrogen) atoms. The highest BCUT2D eigenvalue weighted by atomic mass is 15.2. The number of rotatable bonds is 7. The molecule has 0 radical (unpaired) electrons. The van der Waals surface area contributed by atoms with Gasteiger partial charge in [-0.3, -0.25) is 0 Å². The summed E-state index contributed by atoms with van der Waals surface area (Å²) in [6.45, 7) is 20.8. The SMILES string of the molecule is CC(C)(C)c1ccc(-c2cc3c4c(c2)N(c2ccc(-c5ccccc5)cc2)c2cc(-n5c6ccccc6c6ccccc65)ccc2B4c2ccc(-c4cc5cc(C(C)(C)C)cc6ccc7cc(C(C)(C)C)cc4c7c65)cc2N3c2ccc(-c3ccccc3)cc2)cc1. The van der Waals surface area contributed by atoms with E-state index in [1.165, 1.54) is 138 Å². The molecule has 3 heterocycles. The number of fused-ring (bicyclic) bond motifs is 7. The van der Waals surface area contributed by atoms with Crippen molar-refractivity contribution in [3.8, 4) is 50.2 Å². The van der Waals surface area contributed by atoms with Gasteiger partial charge in [0.05, 0.1) is 11.0 Å². The summed E-state index contributed by atoms with van der Waals surface area (Å²) in [7, 11) is 0. The van der Waals surface area contributed by atoms with Crippen LogP contribution in [0, 0.1) is 0 Å². The van der Waals surface area contributed by atoms with Crippen molar-refractivity contribution >= 4 is 111 Å². The van der Waals surface area contributed by atoms with Crippen LogP contribution in [-0.4, -0.2) is 11.3 Å². The third-order valence-electron chi connectivity index (χ3n) is 20.1. The minimum Gasteiger partial charge on any atom is -0.311 e. The zero-order chi connectivity index (χ0) is 62.5. The van der Waals surface area contributed by atoms with Gasteiger partial charge in [0.15, 0.2) is 0 Å². The van der Waals surface area contributed by atoms with E-state index in [4.69, 9.17) is 0 Å². The van der Waals surface area contributed by atoms with Gasteiger partial charge >= 0.3 is 0 Å². The molecule has 0 saturated carbocycles. The van der Waals surface area contributed by atoms with Crippen molar-refractivity contribution in [3.63, 3.8) is 0 Å². The number of para-hydroxylation sites is 2. The molecule has 0 aliphatic carbocycles. The number of hydrogen-bond acceptors (Lipinski definition) is 2. The van der Waals surface area contributed by atoms with Crippen LogP contribution in [0.15, 0.2) is 273 Å². The molecule has 2 aliphatic heterocycles. The van der Waals surface area contributed by atoms with Gasteiger partial charge in [0, 0.05) is 50.6 Å². The Morgan fingerprint density at radius 2 is 0.685 bits per heavy atom. The maximum atomic E-state index is 2.61. The standard InChI is InChI=1S/C88H72BN3/c1-86(2,3)65-37-30-59(31-38-65)63-51-81-85-82(52-63)91(69-41-34-58(35-42-69)56-22-14-11-15-23-56)80-54-70(92-77-26-18-16-24-71(77)72-25-17-19-27-78(72)92)43-45-76(80)89(85)75-44-36-60(50-79(75)90(81)68-39-32-57(33-40-68)55-20-12-10-13-21-55)73-49-64-48-66(87(4,5)6)46-61-28-29-62-47-67(88(7,8)9)53-74(73)84(62)83(61)64/h10-54H,1-9H3. The Morgan fingerprint density at radius 1 is 0.272 bits per heavy atom. The first-order valence-electron chi connectivity index (χ1n) is 32.7. The number of anilines is 6. The van der Waals surface area contributed by atoms with Crippen LogP contribution in [0.5, 0.6) is 0 Å². The van der Waals surface area contributed by atoms with Crippen LogP contribution < -0.4 is 26.2 Å². The molecule has 1 aromatic heterocycles. The van der Waals surface area contributed by atoms with Crippen molar-refractivity contribution in [2.75, 3.05) is 9.80 Å². The van der Waals surface area contributed by atoms with Crippen LogP contribution in [0.25, 0.3) is 104 Å². The van der Waals surface area contributed by atoms with Gasteiger partial charge in [0.25, 0.3) is 6.71 Å². The fraction of sp³-hybridized carbons (Fsp3) is 0.136. The molecule has 0 N–H and O–H groups in total. The van der Waals surface area contributed by atoms with Gasteiger partial charge < -0.3 is 14.4 Å². The van der Waals surface area contributed by atoms with E-state index in [-0.39, 0.29) is 23.0 Å². The summed E-state index contributed by atoms with van der Waals surface area (Å²) < 4.78 is 2.48. The van der Waals surface area contributed by atoms with Crippen molar-refractivity contribution in [1.29, 1.82) is 0 Å². The molecule has 0 unspecified atom stereocenters. The number of aromatic nitrogens is 1. The van der Waals surface area contributed by atoms with E-state index in [1.807, 2.05) is 0 Å². The van der Waals surface area contributed by atoms with Crippen LogP contribution in [0.4, 0.5) is 34.1 Å². The van der Waals surface area contributed by atoms with Gasteiger partial charge in [-0.1, -0.05) is 256 Å². The van der Waals surface area contributed by atoms with Crippen LogP contribution in [-0.2, 0) is 16.2 Å². The molecule has 2 aliphatic rings.